The van der Waals surface area contributed by atoms with E-state index in [9.17, 15) is 0 Å². The third-order valence-electron chi connectivity index (χ3n) is 0.848. The molecule has 0 aliphatic rings. The predicted octanol–water partition coefficient (Wildman–Crippen LogP) is 2.82. The van der Waals surface area contributed by atoms with Crippen molar-refractivity contribution in [3.8, 4) is 0 Å². The molecular weight excluding hydrogens is 180 g/mol. The highest BCUT2D eigenvalue weighted by atomic mass is 35.6. The van der Waals surface area contributed by atoms with Gasteiger partial charge in [0.1, 0.15) is 0 Å². The van der Waals surface area contributed by atoms with E-state index in [2.05, 4.69) is 19.6 Å². The van der Waals surface area contributed by atoms with Crippen molar-refractivity contribution < 1.29 is 4.43 Å². The minimum Gasteiger partial charge on any atom is -0.407 e. The van der Waals surface area contributed by atoms with Crippen molar-refractivity contribution in [2.75, 3.05) is 6.23 Å². The van der Waals surface area contributed by atoms with Gasteiger partial charge >= 0.3 is 0 Å². The molecule has 0 saturated carbocycles. The van der Waals surface area contributed by atoms with Crippen LogP contribution in [-0.2, 0) is 4.43 Å². The summed E-state index contributed by atoms with van der Waals surface area (Å²) in [6, 6.07) is 0. The first kappa shape index (κ1) is 10.7. The first-order chi connectivity index (χ1) is 4.21. The van der Waals surface area contributed by atoms with Gasteiger partial charge in [0.25, 0.3) is 7.63 Å². The SMILES string of the molecule is C[Si](C)(C)CO[Si](C)(C)Cl. The normalized spacial score (nSPS) is 13.8. The smallest absolute Gasteiger partial charge is 0.283 e. The summed E-state index contributed by atoms with van der Waals surface area (Å²) in [7, 11) is -2.80. The molecule has 0 spiro atoms. The zero-order valence-electron chi connectivity index (χ0n) is 7.49. The van der Waals surface area contributed by atoms with E-state index in [0.717, 1.165) is 6.23 Å². The maximum Gasteiger partial charge on any atom is 0.283 e. The molecule has 0 radical (unpaired) electrons. The lowest BCUT2D eigenvalue weighted by Crippen LogP contribution is -2.35. The van der Waals surface area contributed by atoms with E-state index in [1.54, 1.807) is 0 Å². The van der Waals surface area contributed by atoms with Crippen LogP contribution in [0.3, 0.4) is 0 Å². The molecule has 0 aliphatic carbocycles. The number of rotatable bonds is 3. The molecule has 0 atom stereocenters. The second-order valence-electron chi connectivity index (χ2n) is 4.21. The largest absolute Gasteiger partial charge is 0.407 e. The van der Waals surface area contributed by atoms with Crippen LogP contribution in [0.5, 0.6) is 0 Å². The van der Waals surface area contributed by atoms with Gasteiger partial charge < -0.3 is 4.43 Å². The van der Waals surface area contributed by atoms with Crippen molar-refractivity contribution >= 4 is 26.8 Å². The molecule has 0 aliphatic heterocycles. The zero-order valence-corrected chi connectivity index (χ0v) is 10.2. The molecule has 0 fully saturated rings. The van der Waals surface area contributed by atoms with Gasteiger partial charge in [0.2, 0.25) is 0 Å². The first-order valence-corrected chi connectivity index (χ1v) is 11.2. The van der Waals surface area contributed by atoms with Gasteiger partial charge in [0, 0.05) is 6.23 Å². The van der Waals surface area contributed by atoms with Crippen LogP contribution in [0.1, 0.15) is 0 Å². The Hall–Kier alpha value is 0.684. The quantitative estimate of drug-likeness (QED) is 0.499. The molecule has 0 aromatic rings. The van der Waals surface area contributed by atoms with Gasteiger partial charge in [-0.3, -0.25) is 0 Å². The average Bonchev–Trinajstić information content (AvgIpc) is 1.57. The summed E-state index contributed by atoms with van der Waals surface area (Å²) < 4.78 is 5.56. The van der Waals surface area contributed by atoms with E-state index < -0.39 is 15.7 Å². The molecule has 0 amide bonds. The lowest BCUT2D eigenvalue weighted by molar-refractivity contribution is 0.383. The topological polar surface area (TPSA) is 9.23 Å². The zero-order chi connectivity index (χ0) is 8.41. The van der Waals surface area contributed by atoms with Crippen LogP contribution < -0.4 is 0 Å². The summed E-state index contributed by atoms with van der Waals surface area (Å²) in [5.41, 5.74) is 0. The van der Waals surface area contributed by atoms with E-state index in [-0.39, 0.29) is 0 Å². The molecule has 0 saturated heterocycles. The van der Waals surface area contributed by atoms with Crippen LogP contribution >= 0.6 is 11.1 Å². The van der Waals surface area contributed by atoms with Crippen LogP contribution in [0, 0.1) is 0 Å². The Bertz CT molecular complexity index is 89.3. The van der Waals surface area contributed by atoms with Gasteiger partial charge in [-0.1, -0.05) is 19.6 Å². The van der Waals surface area contributed by atoms with Crippen molar-refractivity contribution in [3.63, 3.8) is 0 Å². The number of halogens is 1. The van der Waals surface area contributed by atoms with E-state index >= 15 is 0 Å². The van der Waals surface area contributed by atoms with Gasteiger partial charge in [0.05, 0.1) is 8.07 Å². The van der Waals surface area contributed by atoms with Gasteiger partial charge in [0.15, 0.2) is 0 Å². The molecular formula is C6H17ClOSi2. The number of hydrogen-bond acceptors (Lipinski definition) is 1. The summed E-state index contributed by atoms with van der Waals surface area (Å²) in [6.07, 6.45) is 0.899. The molecule has 0 N–H and O–H groups in total. The maximum absolute atomic E-state index is 5.98. The predicted molar refractivity (Wildman–Crippen MR) is 52.6 cm³/mol. The highest BCUT2D eigenvalue weighted by molar-refractivity contribution is 7.15. The van der Waals surface area contributed by atoms with Crippen LogP contribution in [-0.4, -0.2) is 21.9 Å². The summed E-state index contributed by atoms with van der Waals surface area (Å²) in [5, 5.41) is 0. The molecule has 10 heavy (non-hydrogen) atoms. The minimum atomic E-state index is -1.76. The Morgan fingerprint density at radius 3 is 1.60 bits per heavy atom. The highest BCUT2D eigenvalue weighted by Crippen LogP contribution is 2.12. The van der Waals surface area contributed by atoms with Gasteiger partial charge in [-0.2, -0.15) is 0 Å². The molecule has 0 aromatic heterocycles. The highest BCUT2D eigenvalue weighted by Gasteiger charge is 2.22. The second kappa shape index (κ2) is 3.39. The molecule has 0 rings (SSSR count). The maximum atomic E-state index is 5.98. The average molecular weight is 197 g/mol. The van der Waals surface area contributed by atoms with Crippen LogP contribution in [0.2, 0.25) is 32.7 Å². The summed E-state index contributed by atoms with van der Waals surface area (Å²) in [6.45, 7) is 10.9. The summed E-state index contributed by atoms with van der Waals surface area (Å²) in [4.78, 5) is 0. The fourth-order valence-electron chi connectivity index (χ4n) is 0.388. The Labute approximate surface area is 70.6 Å². The molecule has 0 aromatic carbocycles. The lowest BCUT2D eigenvalue weighted by atomic mass is 11.7. The molecule has 0 bridgehead atoms. The van der Waals surface area contributed by atoms with Crippen molar-refractivity contribution in [1.29, 1.82) is 0 Å². The van der Waals surface area contributed by atoms with Gasteiger partial charge in [-0.15, -0.1) is 11.1 Å². The van der Waals surface area contributed by atoms with Crippen LogP contribution in [0.15, 0.2) is 0 Å². The second-order valence-corrected chi connectivity index (χ2v) is 15.4. The van der Waals surface area contributed by atoms with Gasteiger partial charge in [-0.25, -0.2) is 0 Å². The van der Waals surface area contributed by atoms with E-state index in [0.29, 0.717) is 0 Å². The van der Waals surface area contributed by atoms with E-state index in [1.165, 1.54) is 0 Å². The van der Waals surface area contributed by atoms with Crippen molar-refractivity contribution in [3.05, 3.63) is 0 Å². The van der Waals surface area contributed by atoms with E-state index in [1.807, 2.05) is 13.1 Å². The van der Waals surface area contributed by atoms with Crippen molar-refractivity contribution in [2.45, 2.75) is 32.7 Å². The fourth-order valence-corrected chi connectivity index (χ4v) is 3.98. The number of hydrogen-bond donors (Lipinski definition) is 0. The Morgan fingerprint density at radius 2 is 1.50 bits per heavy atom. The Kier molecular flexibility index (Phi) is 3.62. The monoisotopic (exact) mass is 196 g/mol. The van der Waals surface area contributed by atoms with E-state index in [4.69, 9.17) is 15.5 Å². The Morgan fingerprint density at radius 1 is 1.10 bits per heavy atom. The van der Waals surface area contributed by atoms with Crippen LogP contribution in [0.4, 0.5) is 0 Å². The van der Waals surface area contributed by atoms with Crippen molar-refractivity contribution in [1.82, 2.24) is 0 Å². The summed E-state index contributed by atoms with van der Waals surface area (Å²) >= 11 is 5.98. The molecule has 0 unspecified atom stereocenters. The fraction of sp³-hybridized carbons (Fsp3) is 1.00. The molecule has 4 heteroatoms. The Balaban J connectivity index is 3.56. The third kappa shape index (κ3) is 8.68. The van der Waals surface area contributed by atoms with Crippen LogP contribution in [0.25, 0.3) is 0 Å². The molecule has 1 nitrogen and oxygen atoms in total. The molecule has 62 valence electrons. The summed E-state index contributed by atoms with van der Waals surface area (Å²) in [5.74, 6) is 0. The first-order valence-electron chi connectivity index (χ1n) is 3.54. The molecule has 0 heterocycles. The minimum absolute atomic E-state index is 0.899. The lowest BCUT2D eigenvalue weighted by Gasteiger charge is -2.21. The standard InChI is InChI=1S/C6H17ClOSi2/c1-9(2,3)6-8-10(4,5)7/h6H2,1-5H3. The third-order valence-corrected chi connectivity index (χ3v) is 3.31. The van der Waals surface area contributed by atoms with Crippen molar-refractivity contribution in [2.24, 2.45) is 0 Å². The van der Waals surface area contributed by atoms with Gasteiger partial charge in [-0.05, 0) is 13.1 Å².